The Hall–Kier alpha value is -2.81. The molecule has 0 saturated carbocycles. The molecule has 0 atom stereocenters. The molecule has 0 saturated heterocycles. The second-order valence-corrected chi connectivity index (χ2v) is 5.37. The van der Waals surface area contributed by atoms with E-state index in [0.29, 0.717) is 6.07 Å². The quantitative estimate of drug-likeness (QED) is 0.833. The van der Waals surface area contributed by atoms with Gasteiger partial charge in [0.15, 0.2) is 0 Å². The maximum atomic E-state index is 13.7. The van der Waals surface area contributed by atoms with E-state index < -0.39 is 40.7 Å². The molecule has 0 aliphatic carbocycles. The van der Waals surface area contributed by atoms with E-state index in [9.17, 15) is 23.2 Å². The molecule has 6 nitrogen and oxygen atoms in total. The first-order valence-electron chi connectivity index (χ1n) is 6.12. The molecule has 1 heterocycles. The predicted octanol–water partition coefficient (Wildman–Crippen LogP) is 2.16. The molecule has 0 fully saturated rings. The number of esters is 1. The number of methoxy groups -OCH3 is 1. The molecule has 3 N–H and O–H groups in total. The summed E-state index contributed by atoms with van der Waals surface area (Å²) in [7, 11) is 1.20. The molecule has 0 aliphatic heterocycles. The summed E-state index contributed by atoms with van der Waals surface area (Å²) in [6.07, 6.45) is 0. The Kier molecular flexibility index (Phi) is 4.70. The van der Waals surface area contributed by atoms with Crippen LogP contribution in [0.5, 0.6) is 0 Å². The van der Waals surface area contributed by atoms with Crippen LogP contribution in [-0.2, 0) is 4.74 Å². The van der Waals surface area contributed by atoms with Crippen LogP contribution >= 0.6 is 11.3 Å². The van der Waals surface area contributed by atoms with Crippen LogP contribution in [0.2, 0.25) is 0 Å². The van der Waals surface area contributed by atoms with Gasteiger partial charge in [-0.3, -0.25) is 9.59 Å². The SMILES string of the molecule is COC(=O)c1ccc(C(=O)Nc2cc(C(N)=O)c(F)cc2F)s1. The molecule has 0 unspecified atom stereocenters. The smallest absolute Gasteiger partial charge is 0.348 e. The number of nitrogens with one attached hydrogen (secondary N) is 1. The zero-order valence-corrected chi connectivity index (χ0v) is 12.5. The van der Waals surface area contributed by atoms with E-state index in [2.05, 4.69) is 10.1 Å². The number of rotatable bonds is 4. The van der Waals surface area contributed by atoms with E-state index in [1.54, 1.807) is 0 Å². The number of hydrogen-bond acceptors (Lipinski definition) is 5. The molecule has 2 amide bonds. The maximum Gasteiger partial charge on any atom is 0.348 e. The van der Waals surface area contributed by atoms with Crippen LogP contribution in [0.4, 0.5) is 14.5 Å². The number of nitrogens with two attached hydrogens (primary N) is 1. The maximum absolute atomic E-state index is 13.7. The average molecular weight is 340 g/mol. The molecule has 0 aliphatic rings. The molecule has 9 heteroatoms. The Morgan fingerprint density at radius 3 is 2.39 bits per heavy atom. The first kappa shape index (κ1) is 16.6. The zero-order valence-electron chi connectivity index (χ0n) is 11.7. The van der Waals surface area contributed by atoms with Gasteiger partial charge in [-0.05, 0) is 18.2 Å². The van der Waals surface area contributed by atoms with Gasteiger partial charge >= 0.3 is 5.97 Å². The van der Waals surface area contributed by atoms with E-state index in [4.69, 9.17) is 5.73 Å². The molecule has 2 rings (SSSR count). The number of carbonyl (C=O) groups is 3. The van der Waals surface area contributed by atoms with Gasteiger partial charge in [0.25, 0.3) is 11.8 Å². The summed E-state index contributed by atoms with van der Waals surface area (Å²) in [5.41, 5.74) is 4.01. The van der Waals surface area contributed by atoms with Crippen LogP contribution in [0, 0.1) is 11.6 Å². The Morgan fingerprint density at radius 2 is 1.78 bits per heavy atom. The third-order valence-electron chi connectivity index (χ3n) is 2.79. The van der Waals surface area contributed by atoms with E-state index >= 15 is 0 Å². The summed E-state index contributed by atoms with van der Waals surface area (Å²) in [5, 5.41) is 2.19. The number of ether oxygens (including phenoxy) is 1. The van der Waals surface area contributed by atoms with Crippen molar-refractivity contribution < 1.29 is 27.9 Å². The molecule has 1 aromatic carbocycles. The van der Waals surface area contributed by atoms with Crippen molar-refractivity contribution in [1.29, 1.82) is 0 Å². The van der Waals surface area contributed by atoms with Crippen molar-refractivity contribution in [2.45, 2.75) is 0 Å². The monoisotopic (exact) mass is 340 g/mol. The lowest BCUT2D eigenvalue weighted by molar-refractivity contribution is 0.0606. The summed E-state index contributed by atoms with van der Waals surface area (Å²) in [6, 6.07) is 3.98. The number of hydrogen-bond donors (Lipinski definition) is 2. The Labute approximate surface area is 132 Å². The standard InChI is InChI=1S/C14H10F2N2O4S/c1-22-14(21)11-3-2-10(23-11)13(20)18-9-4-6(12(17)19)7(15)5-8(9)16/h2-5H,1H3,(H2,17,19)(H,18,20). The molecule has 2 aromatic rings. The molecular weight excluding hydrogens is 330 g/mol. The average Bonchev–Trinajstić information content (AvgIpc) is 2.98. The van der Waals surface area contributed by atoms with Crippen molar-refractivity contribution in [2.75, 3.05) is 12.4 Å². The van der Waals surface area contributed by atoms with Crippen LogP contribution in [0.3, 0.4) is 0 Å². The molecule has 120 valence electrons. The van der Waals surface area contributed by atoms with E-state index in [1.165, 1.54) is 19.2 Å². The number of primary amides is 1. The van der Waals surface area contributed by atoms with Crippen molar-refractivity contribution in [1.82, 2.24) is 0 Å². The topological polar surface area (TPSA) is 98.5 Å². The molecular formula is C14H10F2N2O4S. The lowest BCUT2D eigenvalue weighted by Gasteiger charge is -2.07. The van der Waals surface area contributed by atoms with Gasteiger partial charge in [0.2, 0.25) is 0 Å². The fourth-order valence-corrected chi connectivity index (χ4v) is 2.51. The van der Waals surface area contributed by atoms with Crippen molar-refractivity contribution in [2.24, 2.45) is 5.73 Å². The van der Waals surface area contributed by atoms with Crippen LogP contribution < -0.4 is 11.1 Å². The van der Waals surface area contributed by atoms with Crippen molar-refractivity contribution in [3.8, 4) is 0 Å². The Morgan fingerprint density at radius 1 is 1.13 bits per heavy atom. The van der Waals surface area contributed by atoms with Crippen LogP contribution in [0.25, 0.3) is 0 Å². The molecule has 0 bridgehead atoms. The van der Waals surface area contributed by atoms with E-state index in [1.807, 2.05) is 0 Å². The summed E-state index contributed by atoms with van der Waals surface area (Å²) < 4.78 is 31.6. The van der Waals surface area contributed by atoms with E-state index in [0.717, 1.165) is 17.4 Å². The highest BCUT2D eigenvalue weighted by molar-refractivity contribution is 7.16. The number of amides is 2. The first-order valence-corrected chi connectivity index (χ1v) is 6.93. The molecule has 0 spiro atoms. The molecule has 23 heavy (non-hydrogen) atoms. The largest absolute Gasteiger partial charge is 0.465 e. The van der Waals surface area contributed by atoms with Gasteiger partial charge in [-0.25, -0.2) is 13.6 Å². The summed E-state index contributed by atoms with van der Waals surface area (Å²) in [4.78, 5) is 34.7. The van der Waals surface area contributed by atoms with E-state index in [-0.39, 0.29) is 9.75 Å². The van der Waals surface area contributed by atoms with Gasteiger partial charge in [0.1, 0.15) is 16.5 Å². The van der Waals surface area contributed by atoms with Gasteiger partial charge in [-0.1, -0.05) is 0 Å². The first-order chi connectivity index (χ1) is 10.8. The Balaban J connectivity index is 2.26. The highest BCUT2D eigenvalue weighted by atomic mass is 32.1. The summed E-state index contributed by atoms with van der Waals surface area (Å²) >= 11 is 0.838. The number of anilines is 1. The minimum Gasteiger partial charge on any atom is -0.465 e. The van der Waals surface area contributed by atoms with Gasteiger partial charge in [0, 0.05) is 6.07 Å². The third kappa shape index (κ3) is 3.51. The minimum absolute atomic E-state index is 0.106. The predicted molar refractivity (Wildman–Crippen MR) is 78.5 cm³/mol. The lowest BCUT2D eigenvalue weighted by Crippen LogP contribution is -2.16. The minimum atomic E-state index is -1.13. The van der Waals surface area contributed by atoms with Crippen LogP contribution in [0.1, 0.15) is 29.7 Å². The van der Waals surface area contributed by atoms with Crippen molar-refractivity contribution in [3.05, 3.63) is 51.2 Å². The number of halogens is 2. The van der Waals surface area contributed by atoms with Gasteiger partial charge in [-0.2, -0.15) is 0 Å². The Bertz CT molecular complexity index is 804. The number of thiophene rings is 1. The van der Waals surface area contributed by atoms with Crippen LogP contribution in [0.15, 0.2) is 24.3 Å². The normalized spacial score (nSPS) is 10.2. The zero-order chi connectivity index (χ0) is 17.1. The third-order valence-corrected chi connectivity index (χ3v) is 3.85. The fraction of sp³-hybridized carbons (Fsp3) is 0.0714. The van der Waals surface area contributed by atoms with Crippen molar-refractivity contribution in [3.63, 3.8) is 0 Å². The summed E-state index contributed by atoms with van der Waals surface area (Å²) in [5.74, 6) is -4.63. The van der Waals surface area contributed by atoms with Crippen LogP contribution in [-0.4, -0.2) is 24.9 Å². The van der Waals surface area contributed by atoms with Crippen molar-refractivity contribution >= 4 is 34.8 Å². The highest BCUT2D eigenvalue weighted by Crippen LogP contribution is 2.22. The highest BCUT2D eigenvalue weighted by Gasteiger charge is 2.18. The second-order valence-electron chi connectivity index (χ2n) is 4.29. The summed E-state index contributed by atoms with van der Waals surface area (Å²) in [6.45, 7) is 0. The molecule has 1 aromatic heterocycles. The van der Waals surface area contributed by atoms with Gasteiger partial charge in [-0.15, -0.1) is 11.3 Å². The van der Waals surface area contributed by atoms with Gasteiger partial charge < -0.3 is 15.8 Å². The molecule has 0 radical (unpaired) electrons. The van der Waals surface area contributed by atoms with Gasteiger partial charge in [0.05, 0.1) is 23.2 Å². The lowest BCUT2D eigenvalue weighted by atomic mass is 10.1. The number of carbonyl (C=O) groups excluding carboxylic acids is 3. The fourth-order valence-electron chi connectivity index (χ4n) is 1.69. The second kappa shape index (κ2) is 6.53. The number of benzene rings is 1.